The highest BCUT2D eigenvalue weighted by atomic mass is 16.5. The zero-order valence-corrected chi connectivity index (χ0v) is 10.9. The van der Waals surface area contributed by atoms with Gasteiger partial charge in [-0.05, 0) is 25.8 Å². The van der Waals surface area contributed by atoms with Gasteiger partial charge in [0.25, 0.3) is 0 Å². The zero-order chi connectivity index (χ0) is 13.4. The molecule has 4 nitrogen and oxygen atoms in total. The maximum absolute atomic E-state index is 11.5. The van der Waals surface area contributed by atoms with Crippen molar-refractivity contribution in [2.75, 3.05) is 13.2 Å². The van der Waals surface area contributed by atoms with Gasteiger partial charge in [0.2, 0.25) is 5.91 Å². The van der Waals surface area contributed by atoms with Gasteiger partial charge in [-0.3, -0.25) is 9.59 Å². The van der Waals surface area contributed by atoms with Crippen LogP contribution in [0.3, 0.4) is 0 Å². The summed E-state index contributed by atoms with van der Waals surface area (Å²) >= 11 is 0. The number of rotatable bonds is 6. The maximum atomic E-state index is 11.5. The molecular formula is C14H19NO3. The predicted octanol–water partition coefficient (Wildman–Crippen LogP) is 1.61. The highest BCUT2D eigenvalue weighted by Crippen LogP contribution is 2.05. The second-order valence-electron chi connectivity index (χ2n) is 4.07. The molecule has 0 heterocycles. The van der Waals surface area contributed by atoms with Gasteiger partial charge in [-0.15, -0.1) is 0 Å². The van der Waals surface area contributed by atoms with E-state index >= 15 is 0 Å². The zero-order valence-electron chi connectivity index (χ0n) is 10.9. The van der Waals surface area contributed by atoms with Crippen LogP contribution >= 0.6 is 0 Å². The second-order valence-corrected chi connectivity index (χ2v) is 4.07. The summed E-state index contributed by atoms with van der Waals surface area (Å²) < 4.78 is 4.71. The molecule has 1 aromatic rings. The minimum absolute atomic E-state index is 0.0550. The van der Waals surface area contributed by atoms with Crippen molar-refractivity contribution in [2.45, 2.75) is 26.7 Å². The number of aryl methyl sites for hydroxylation is 2. The number of hydrogen-bond donors (Lipinski definition) is 1. The Labute approximate surface area is 107 Å². The Kier molecular flexibility index (Phi) is 5.91. The lowest BCUT2D eigenvalue weighted by Crippen LogP contribution is -2.30. The van der Waals surface area contributed by atoms with E-state index in [0.717, 1.165) is 5.56 Å². The fourth-order valence-corrected chi connectivity index (χ4v) is 1.48. The molecule has 0 unspecified atom stereocenters. The van der Waals surface area contributed by atoms with Gasteiger partial charge in [-0.1, -0.05) is 29.8 Å². The van der Waals surface area contributed by atoms with Gasteiger partial charge in [0.05, 0.1) is 6.61 Å². The fourth-order valence-electron chi connectivity index (χ4n) is 1.48. The molecule has 1 rings (SSSR count). The number of nitrogens with one attached hydrogen (secondary N) is 1. The van der Waals surface area contributed by atoms with Crippen molar-refractivity contribution in [3.05, 3.63) is 35.4 Å². The fraction of sp³-hybridized carbons (Fsp3) is 0.429. The van der Waals surface area contributed by atoms with Crippen LogP contribution in [0.2, 0.25) is 0 Å². The van der Waals surface area contributed by atoms with Crippen molar-refractivity contribution in [3.63, 3.8) is 0 Å². The minimum atomic E-state index is -0.402. The first-order valence-corrected chi connectivity index (χ1v) is 6.09. The molecule has 0 radical (unpaired) electrons. The van der Waals surface area contributed by atoms with Gasteiger partial charge in [0.15, 0.2) is 0 Å². The van der Waals surface area contributed by atoms with Crippen LogP contribution in [0.15, 0.2) is 24.3 Å². The van der Waals surface area contributed by atoms with Gasteiger partial charge >= 0.3 is 5.97 Å². The summed E-state index contributed by atoms with van der Waals surface area (Å²) in [5, 5.41) is 2.54. The summed E-state index contributed by atoms with van der Waals surface area (Å²) in [6.45, 7) is 4.03. The smallest absolute Gasteiger partial charge is 0.325 e. The first-order valence-electron chi connectivity index (χ1n) is 6.09. The molecule has 0 aromatic heterocycles. The van der Waals surface area contributed by atoms with Gasteiger partial charge in [-0.25, -0.2) is 0 Å². The van der Waals surface area contributed by atoms with E-state index < -0.39 is 5.97 Å². The molecule has 0 bridgehead atoms. The first-order chi connectivity index (χ1) is 8.61. The maximum Gasteiger partial charge on any atom is 0.325 e. The third kappa shape index (κ3) is 5.48. The predicted molar refractivity (Wildman–Crippen MR) is 69.1 cm³/mol. The molecule has 18 heavy (non-hydrogen) atoms. The van der Waals surface area contributed by atoms with Gasteiger partial charge in [-0.2, -0.15) is 0 Å². The van der Waals surface area contributed by atoms with E-state index in [4.69, 9.17) is 4.74 Å². The third-order valence-corrected chi connectivity index (χ3v) is 2.50. The average molecular weight is 249 g/mol. The van der Waals surface area contributed by atoms with Gasteiger partial charge in [0.1, 0.15) is 6.54 Å². The van der Waals surface area contributed by atoms with Crippen molar-refractivity contribution in [1.82, 2.24) is 5.32 Å². The minimum Gasteiger partial charge on any atom is -0.465 e. The number of hydrogen-bond acceptors (Lipinski definition) is 3. The van der Waals surface area contributed by atoms with E-state index in [1.807, 2.05) is 31.2 Å². The van der Waals surface area contributed by atoms with Crippen LogP contribution in [0.4, 0.5) is 0 Å². The summed E-state index contributed by atoms with van der Waals surface area (Å²) in [4.78, 5) is 22.5. The van der Waals surface area contributed by atoms with E-state index in [-0.39, 0.29) is 12.5 Å². The van der Waals surface area contributed by atoms with E-state index in [1.54, 1.807) is 6.92 Å². The van der Waals surface area contributed by atoms with Crippen LogP contribution in [0, 0.1) is 6.92 Å². The molecular weight excluding hydrogens is 230 g/mol. The van der Waals surface area contributed by atoms with Crippen molar-refractivity contribution in [3.8, 4) is 0 Å². The largest absolute Gasteiger partial charge is 0.465 e. The Bertz CT molecular complexity index is 398. The summed E-state index contributed by atoms with van der Waals surface area (Å²) in [7, 11) is 0. The van der Waals surface area contributed by atoms with Crippen LogP contribution in [0.5, 0.6) is 0 Å². The highest BCUT2D eigenvalue weighted by molar-refractivity contribution is 5.81. The monoisotopic (exact) mass is 249 g/mol. The van der Waals surface area contributed by atoms with Crippen LogP contribution in [0.25, 0.3) is 0 Å². The van der Waals surface area contributed by atoms with Gasteiger partial charge < -0.3 is 10.1 Å². The molecule has 98 valence electrons. The number of ether oxygens (including phenoxy) is 1. The van der Waals surface area contributed by atoms with Crippen molar-refractivity contribution >= 4 is 11.9 Å². The quantitative estimate of drug-likeness (QED) is 0.779. The van der Waals surface area contributed by atoms with E-state index in [0.29, 0.717) is 19.4 Å². The summed E-state index contributed by atoms with van der Waals surface area (Å²) in [6.07, 6.45) is 1.05. The molecule has 1 amide bonds. The molecule has 0 fully saturated rings. The Morgan fingerprint density at radius 3 is 2.50 bits per heavy atom. The number of carbonyl (C=O) groups is 2. The Morgan fingerprint density at radius 1 is 1.22 bits per heavy atom. The number of amides is 1. The lowest BCUT2D eigenvalue weighted by Gasteiger charge is -2.05. The normalized spacial score (nSPS) is 9.89. The molecule has 1 N–H and O–H groups in total. The molecule has 1 aromatic carbocycles. The SMILES string of the molecule is CCOC(=O)CNC(=O)CCc1ccc(C)cc1. The topological polar surface area (TPSA) is 55.4 Å². The highest BCUT2D eigenvalue weighted by Gasteiger charge is 2.06. The first kappa shape index (κ1) is 14.2. The molecule has 0 aliphatic carbocycles. The van der Waals surface area contributed by atoms with Crippen molar-refractivity contribution in [2.24, 2.45) is 0 Å². The molecule has 0 aliphatic rings. The van der Waals surface area contributed by atoms with E-state index in [9.17, 15) is 9.59 Å². The molecule has 0 saturated heterocycles. The number of carbonyl (C=O) groups excluding carboxylic acids is 2. The summed E-state index contributed by atoms with van der Waals surface area (Å²) in [5.41, 5.74) is 2.32. The lowest BCUT2D eigenvalue weighted by atomic mass is 10.1. The molecule has 0 spiro atoms. The average Bonchev–Trinajstić information content (AvgIpc) is 2.36. The Morgan fingerprint density at radius 2 is 1.89 bits per heavy atom. The molecule has 0 atom stereocenters. The Balaban J connectivity index is 2.24. The van der Waals surface area contributed by atoms with Gasteiger partial charge in [0, 0.05) is 6.42 Å². The van der Waals surface area contributed by atoms with Crippen molar-refractivity contribution < 1.29 is 14.3 Å². The lowest BCUT2D eigenvalue weighted by molar-refractivity contribution is -0.143. The summed E-state index contributed by atoms with van der Waals surface area (Å²) in [6, 6.07) is 8.06. The van der Waals surface area contributed by atoms with E-state index in [2.05, 4.69) is 5.32 Å². The number of esters is 1. The standard InChI is InChI=1S/C14H19NO3/c1-3-18-14(17)10-15-13(16)9-8-12-6-4-11(2)5-7-12/h4-7H,3,8-10H2,1-2H3,(H,15,16). The molecule has 0 saturated carbocycles. The van der Waals surface area contributed by atoms with Crippen LogP contribution in [-0.4, -0.2) is 25.0 Å². The molecule has 4 heteroatoms. The van der Waals surface area contributed by atoms with Crippen LogP contribution in [0.1, 0.15) is 24.5 Å². The Hall–Kier alpha value is -1.84. The molecule has 0 aliphatic heterocycles. The number of benzene rings is 1. The van der Waals surface area contributed by atoms with Crippen molar-refractivity contribution in [1.29, 1.82) is 0 Å². The van der Waals surface area contributed by atoms with Crippen LogP contribution < -0.4 is 5.32 Å². The third-order valence-electron chi connectivity index (χ3n) is 2.50. The van der Waals surface area contributed by atoms with Crippen LogP contribution in [-0.2, 0) is 20.7 Å². The summed E-state index contributed by atoms with van der Waals surface area (Å²) in [5.74, 6) is -0.537. The van der Waals surface area contributed by atoms with E-state index in [1.165, 1.54) is 5.56 Å². The second kappa shape index (κ2) is 7.48.